The van der Waals surface area contributed by atoms with Crippen LogP contribution in [0.15, 0.2) is 0 Å². The van der Waals surface area contributed by atoms with E-state index in [1.54, 1.807) is 0 Å². The molecule has 0 rings (SSSR count). The number of methoxy groups -OCH3 is 1. The lowest BCUT2D eigenvalue weighted by Crippen LogP contribution is -2.21. The normalized spacial score (nSPS) is 12.0. The van der Waals surface area contributed by atoms with Gasteiger partial charge < -0.3 is 9.84 Å². The van der Waals surface area contributed by atoms with Gasteiger partial charge >= 0.3 is 5.97 Å². The summed E-state index contributed by atoms with van der Waals surface area (Å²) in [4.78, 5) is 10.1. The van der Waals surface area contributed by atoms with Gasteiger partial charge in [-0.25, -0.2) is 4.79 Å². The highest BCUT2D eigenvalue weighted by Crippen LogP contribution is 1.93. The minimum Gasteiger partial charge on any atom is -0.479 e. The van der Waals surface area contributed by atoms with Gasteiger partial charge in [0.25, 0.3) is 0 Å². The second kappa shape index (κ2) is 3.93. The van der Waals surface area contributed by atoms with E-state index in [2.05, 4.69) is 4.74 Å². The van der Waals surface area contributed by atoms with Crippen LogP contribution >= 0.6 is 0 Å². The lowest BCUT2D eigenvalue weighted by atomic mass is 10.3. The molecule has 3 heteroatoms. The first-order chi connectivity index (χ1) is 4.22. The Hall–Kier alpha value is -1.01. The van der Waals surface area contributed by atoms with Crippen molar-refractivity contribution >= 4 is 5.97 Å². The molecule has 0 aromatic carbocycles. The third-order valence-corrected chi connectivity index (χ3v) is 0.847. The Bertz CT molecular complexity index is 134. The fraction of sp³-hybridized carbons (Fsp3) is 0.500. The molecule has 0 saturated carbocycles. The third-order valence-electron chi connectivity index (χ3n) is 0.847. The van der Waals surface area contributed by atoms with E-state index in [0.717, 1.165) is 0 Å². The number of hydrogen-bond acceptors (Lipinski definition) is 2. The van der Waals surface area contributed by atoms with E-state index in [0.29, 0.717) is 0 Å². The molecule has 0 bridgehead atoms. The largest absolute Gasteiger partial charge is 0.479 e. The van der Waals surface area contributed by atoms with Crippen molar-refractivity contribution in [3.63, 3.8) is 0 Å². The molecule has 0 spiro atoms. The van der Waals surface area contributed by atoms with Crippen molar-refractivity contribution < 1.29 is 14.6 Å². The van der Waals surface area contributed by atoms with Crippen LogP contribution in [-0.4, -0.2) is 24.3 Å². The molecule has 1 atom stereocenters. The third kappa shape index (κ3) is 2.73. The summed E-state index contributed by atoms with van der Waals surface area (Å²) in [6, 6.07) is 0. The van der Waals surface area contributed by atoms with Gasteiger partial charge in [-0.15, -0.1) is 0 Å². The second-order valence-corrected chi connectivity index (χ2v) is 1.44. The van der Waals surface area contributed by atoms with Crippen LogP contribution in [0.5, 0.6) is 0 Å². The van der Waals surface area contributed by atoms with Gasteiger partial charge in [0.15, 0.2) is 6.10 Å². The standard InChI is InChI=1S/C6H7O3/c1-3-4-5(9-2)6(7)8/h5H,4H2,2H3,(H,7,8). The van der Waals surface area contributed by atoms with E-state index >= 15 is 0 Å². The van der Waals surface area contributed by atoms with Gasteiger partial charge in [-0.05, 0) is 6.42 Å². The molecule has 0 aliphatic heterocycles. The molecule has 49 valence electrons. The fourth-order valence-electron chi connectivity index (χ4n) is 0.364. The average molecular weight is 127 g/mol. The summed E-state index contributed by atoms with van der Waals surface area (Å²) in [6.45, 7) is 0. The van der Waals surface area contributed by atoms with Crippen LogP contribution in [-0.2, 0) is 9.53 Å². The van der Waals surface area contributed by atoms with Crippen LogP contribution < -0.4 is 0 Å². The van der Waals surface area contributed by atoms with Gasteiger partial charge in [0.2, 0.25) is 0 Å². The Balaban J connectivity index is 3.71. The molecule has 0 heterocycles. The van der Waals surface area contributed by atoms with Crippen molar-refractivity contribution in [3.8, 4) is 5.92 Å². The summed E-state index contributed by atoms with van der Waals surface area (Å²) in [6.07, 6.45) is 5.53. The maximum Gasteiger partial charge on any atom is 0.333 e. The number of carboxylic acid groups (broad SMARTS) is 1. The first-order valence-electron chi connectivity index (χ1n) is 2.37. The van der Waals surface area contributed by atoms with Crippen molar-refractivity contribution in [2.45, 2.75) is 12.5 Å². The van der Waals surface area contributed by atoms with Crippen molar-refractivity contribution in [1.82, 2.24) is 0 Å². The molecule has 0 aliphatic rings. The SMILES string of the molecule is [C]#CCC(OC)C(=O)O. The Morgan fingerprint density at radius 1 is 2.00 bits per heavy atom. The number of carbonyl (C=O) groups is 1. The summed E-state index contributed by atoms with van der Waals surface area (Å²) in [7, 11) is 1.29. The van der Waals surface area contributed by atoms with Crippen LogP contribution in [0.2, 0.25) is 0 Å². The summed E-state index contributed by atoms with van der Waals surface area (Å²) in [5.41, 5.74) is 0. The molecule has 0 aromatic heterocycles. The number of rotatable bonds is 3. The Morgan fingerprint density at radius 3 is 2.67 bits per heavy atom. The lowest BCUT2D eigenvalue weighted by molar-refractivity contribution is -0.148. The van der Waals surface area contributed by atoms with Crippen LogP contribution in [0.3, 0.4) is 0 Å². The molecule has 1 N–H and O–H groups in total. The molecule has 0 aliphatic carbocycles. The molecule has 3 nitrogen and oxygen atoms in total. The van der Waals surface area contributed by atoms with Crippen LogP contribution in [0, 0.1) is 12.3 Å². The number of hydrogen-bond donors (Lipinski definition) is 1. The van der Waals surface area contributed by atoms with Gasteiger partial charge in [-0.3, -0.25) is 0 Å². The second-order valence-electron chi connectivity index (χ2n) is 1.44. The Kier molecular flexibility index (Phi) is 3.49. The van der Waals surface area contributed by atoms with E-state index in [1.165, 1.54) is 7.11 Å². The number of ether oxygens (including phenoxy) is 1. The van der Waals surface area contributed by atoms with Crippen molar-refractivity contribution in [1.29, 1.82) is 0 Å². The van der Waals surface area contributed by atoms with E-state index in [9.17, 15) is 4.79 Å². The zero-order valence-electron chi connectivity index (χ0n) is 5.05. The zero-order chi connectivity index (χ0) is 7.28. The van der Waals surface area contributed by atoms with Gasteiger partial charge in [0.1, 0.15) is 0 Å². The highest BCUT2D eigenvalue weighted by Gasteiger charge is 2.13. The zero-order valence-corrected chi connectivity index (χ0v) is 5.05. The van der Waals surface area contributed by atoms with Crippen LogP contribution in [0.25, 0.3) is 0 Å². The Labute approximate surface area is 53.6 Å². The van der Waals surface area contributed by atoms with Crippen molar-refractivity contribution in [2.75, 3.05) is 7.11 Å². The lowest BCUT2D eigenvalue weighted by Gasteiger charge is -2.03. The molecule has 0 aromatic rings. The fourth-order valence-corrected chi connectivity index (χ4v) is 0.364. The summed E-state index contributed by atoms with van der Waals surface area (Å²) in [5.74, 6) is 0.886. The predicted molar refractivity (Wildman–Crippen MR) is 30.2 cm³/mol. The molecule has 9 heavy (non-hydrogen) atoms. The van der Waals surface area contributed by atoms with Crippen molar-refractivity contribution in [3.05, 3.63) is 6.42 Å². The van der Waals surface area contributed by atoms with E-state index in [4.69, 9.17) is 11.5 Å². The quantitative estimate of drug-likeness (QED) is 0.545. The van der Waals surface area contributed by atoms with E-state index in [1.807, 2.05) is 5.92 Å². The summed E-state index contributed by atoms with van der Waals surface area (Å²) >= 11 is 0. The van der Waals surface area contributed by atoms with E-state index < -0.39 is 12.1 Å². The summed E-state index contributed by atoms with van der Waals surface area (Å²) < 4.78 is 4.47. The van der Waals surface area contributed by atoms with Gasteiger partial charge in [-0.2, -0.15) is 0 Å². The monoisotopic (exact) mass is 127 g/mol. The highest BCUT2D eigenvalue weighted by atomic mass is 16.5. The molecule has 0 saturated heterocycles. The average Bonchev–Trinajstić information content (AvgIpc) is 1.82. The molecule has 0 fully saturated rings. The van der Waals surface area contributed by atoms with Gasteiger partial charge in [0, 0.05) is 13.5 Å². The van der Waals surface area contributed by atoms with Crippen LogP contribution in [0.4, 0.5) is 0 Å². The highest BCUT2D eigenvalue weighted by molar-refractivity contribution is 5.72. The maximum absolute atomic E-state index is 10.1. The van der Waals surface area contributed by atoms with Gasteiger partial charge in [0.05, 0.1) is 0 Å². The molecular weight excluding hydrogens is 120 g/mol. The summed E-state index contributed by atoms with van der Waals surface area (Å²) in [5, 5.41) is 8.26. The minimum atomic E-state index is -1.06. The van der Waals surface area contributed by atoms with Crippen LogP contribution in [0.1, 0.15) is 6.42 Å². The van der Waals surface area contributed by atoms with Crippen molar-refractivity contribution in [2.24, 2.45) is 0 Å². The molecule has 1 unspecified atom stereocenters. The smallest absolute Gasteiger partial charge is 0.333 e. The topological polar surface area (TPSA) is 46.5 Å². The first-order valence-corrected chi connectivity index (χ1v) is 2.37. The predicted octanol–water partition coefficient (Wildman–Crippen LogP) is 0.0659. The Morgan fingerprint density at radius 2 is 2.56 bits per heavy atom. The number of aliphatic carboxylic acids is 1. The van der Waals surface area contributed by atoms with E-state index in [-0.39, 0.29) is 6.42 Å². The minimum absolute atomic E-state index is 0.00579. The number of carboxylic acids is 1. The van der Waals surface area contributed by atoms with Gasteiger partial charge in [-0.1, -0.05) is 5.92 Å². The maximum atomic E-state index is 10.1. The molecule has 0 amide bonds. The molecular formula is C6H7O3. The first kappa shape index (κ1) is 7.99. The molecule has 1 radical (unpaired) electrons.